The molecule has 0 atom stereocenters. The van der Waals surface area contributed by atoms with E-state index in [1.165, 1.54) is 19.4 Å². The Morgan fingerprint density at radius 1 is 1.35 bits per heavy atom. The van der Waals surface area contributed by atoms with E-state index in [1.54, 1.807) is 19.2 Å². The number of hydrogen-bond donors (Lipinski definition) is 1. The van der Waals surface area contributed by atoms with Gasteiger partial charge in [-0.25, -0.2) is 9.37 Å². The third kappa shape index (κ3) is 3.34. The summed E-state index contributed by atoms with van der Waals surface area (Å²) < 4.78 is 29.5. The Hall–Kier alpha value is -1.92. The van der Waals surface area contributed by atoms with Crippen LogP contribution in [0.1, 0.15) is 5.89 Å². The Balaban J connectivity index is 2.12. The van der Waals surface area contributed by atoms with Crippen LogP contribution in [0.4, 0.5) is 4.39 Å². The van der Waals surface area contributed by atoms with Gasteiger partial charge in [-0.05, 0) is 12.1 Å². The van der Waals surface area contributed by atoms with Crippen LogP contribution in [0.15, 0.2) is 28.8 Å². The lowest BCUT2D eigenvalue weighted by Crippen LogP contribution is -2.18. The lowest BCUT2D eigenvalue weighted by Gasteiger charge is -2.06. The van der Waals surface area contributed by atoms with E-state index in [0.29, 0.717) is 37.1 Å². The van der Waals surface area contributed by atoms with Crippen LogP contribution in [0.2, 0.25) is 0 Å². The molecule has 1 heterocycles. The van der Waals surface area contributed by atoms with Gasteiger partial charge in [0.25, 0.3) is 0 Å². The molecule has 108 valence electrons. The fourth-order valence-electron chi connectivity index (χ4n) is 1.79. The fraction of sp³-hybridized carbons (Fsp3) is 0.357. The van der Waals surface area contributed by atoms with Gasteiger partial charge in [-0.1, -0.05) is 6.07 Å². The molecule has 0 aliphatic heterocycles. The first-order valence-corrected chi connectivity index (χ1v) is 6.23. The summed E-state index contributed by atoms with van der Waals surface area (Å²) in [4.78, 5) is 4.11. The number of ether oxygens (including phenoxy) is 2. The van der Waals surface area contributed by atoms with Crippen LogP contribution in [0.5, 0.6) is 5.75 Å². The van der Waals surface area contributed by atoms with Crippen molar-refractivity contribution < 1.29 is 18.3 Å². The second-order valence-electron chi connectivity index (χ2n) is 4.10. The number of aromatic nitrogens is 1. The maximum atomic E-state index is 13.9. The number of halogens is 1. The smallest absolute Gasteiger partial charge is 0.208 e. The second kappa shape index (κ2) is 7.02. The average molecular weight is 280 g/mol. The maximum absolute atomic E-state index is 13.9. The molecule has 0 radical (unpaired) electrons. The van der Waals surface area contributed by atoms with E-state index < -0.39 is 5.82 Å². The molecular formula is C14H17FN2O3. The van der Waals surface area contributed by atoms with Gasteiger partial charge in [0.1, 0.15) is 11.6 Å². The van der Waals surface area contributed by atoms with Crippen LogP contribution < -0.4 is 10.1 Å². The number of nitrogens with one attached hydrogen (secondary N) is 1. The van der Waals surface area contributed by atoms with Crippen molar-refractivity contribution in [3.8, 4) is 17.1 Å². The fourth-order valence-corrected chi connectivity index (χ4v) is 1.79. The molecule has 6 heteroatoms. The van der Waals surface area contributed by atoms with Gasteiger partial charge in [-0.2, -0.15) is 0 Å². The first-order valence-electron chi connectivity index (χ1n) is 6.23. The topological polar surface area (TPSA) is 56.5 Å². The molecule has 0 unspecified atom stereocenters. The summed E-state index contributed by atoms with van der Waals surface area (Å²) in [7, 11) is 3.12. The predicted octanol–water partition coefficient (Wildman–Crippen LogP) is 2.23. The molecule has 2 rings (SSSR count). The Labute approximate surface area is 116 Å². The molecule has 0 aliphatic rings. The van der Waals surface area contributed by atoms with Crippen molar-refractivity contribution in [2.45, 2.75) is 6.54 Å². The molecule has 1 N–H and O–H groups in total. The van der Waals surface area contributed by atoms with Gasteiger partial charge in [0.05, 0.1) is 32.0 Å². The van der Waals surface area contributed by atoms with Crippen molar-refractivity contribution in [3.63, 3.8) is 0 Å². The van der Waals surface area contributed by atoms with E-state index in [4.69, 9.17) is 13.9 Å². The number of benzene rings is 1. The second-order valence-corrected chi connectivity index (χ2v) is 4.10. The van der Waals surface area contributed by atoms with Crippen LogP contribution >= 0.6 is 0 Å². The van der Waals surface area contributed by atoms with E-state index in [9.17, 15) is 4.39 Å². The highest BCUT2D eigenvalue weighted by atomic mass is 19.1. The Morgan fingerprint density at radius 3 is 2.95 bits per heavy atom. The van der Waals surface area contributed by atoms with E-state index in [0.717, 1.165) is 0 Å². The van der Waals surface area contributed by atoms with Crippen LogP contribution in [-0.2, 0) is 11.3 Å². The minimum atomic E-state index is -0.403. The molecular weight excluding hydrogens is 263 g/mol. The van der Waals surface area contributed by atoms with E-state index >= 15 is 0 Å². The SMILES string of the molecule is COCCNCc1ncc(-c2c(F)cccc2OC)o1. The molecule has 0 aliphatic carbocycles. The van der Waals surface area contributed by atoms with Gasteiger partial charge in [0.2, 0.25) is 5.89 Å². The molecule has 1 aromatic heterocycles. The van der Waals surface area contributed by atoms with Gasteiger partial charge in [0.15, 0.2) is 5.76 Å². The van der Waals surface area contributed by atoms with Gasteiger partial charge in [0, 0.05) is 13.7 Å². The van der Waals surface area contributed by atoms with Gasteiger partial charge < -0.3 is 19.2 Å². The van der Waals surface area contributed by atoms with E-state index in [-0.39, 0.29) is 5.56 Å². The molecule has 0 saturated carbocycles. The van der Waals surface area contributed by atoms with Gasteiger partial charge in [-0.15, -0.1) is 0 Å². The highest BCUT2D eigenvalue weighted by Crippen LogP contribution is 2.32. The lowest BCUT2D eigenvalue weighted by molar-refractivity contribution is 0.198. The zero-order valence-corrected chi connectivity index (χ0v) is 11.5. The van der Waals surface area contributed by atoms with Crippen molar-refractivity contribution in [2.75, 3.05) is 27.4 Å². The minimum absolute atomic E-state index is 0.283. The predicted molar refractivity (Wildman–Crippen MR) is 72.0 cm³/mol. The zero-order chi connectivity index (χ0) is 14.4. The first kappa shape index (κ1) is 14.5. The van der Waals surface area contributed by atoms with E-state index in [1.807, 2.05) is 0 Å². The molecule has 0 spiro atoms. The summed E-state index contributed by atoms with van der Waals surface area (Å²) in [5.74, 6) is 0.851. The Bertz CT molecular complexity index is 557. The molecule has 0 fully saturated rings. The van der Waals surface area contributed by atoms with Crippen molar-refractivity contribution in [1.29, 1.82) is 0 Å². The summed E-state index contributed by atoms with van der Waals surface area (Å²) >= 11 is 0. The Kier molecular flexibility index (Phi) is 5.09. The molecule has 0 bridgehead atoms. The maximum Gasteiger partial charge on any atom is 0.208 e. The van der Waals surface area contributed by atoms with Crippen LogP contribution in [0, 0.1) is 5.82 Å². The molecule has 1 aromatic carbocycles. The number of hydrogen-bond acceptors (Lipinski definition) is 5. The number of rotatable bonds is 7. The van der Waals surface area contributed by atoms with Crippen LogP contribution in [0.3, 0.4) is 0 Å². The number of methoxy groups -OCH3 is 2. The number of nitrogens with zero attached hydrogens (tertiary/aromatic N) is 1. The molecule has 20 heavy (non-hydrogen) atoms. The quantitative estimate of drug-likeness (QED) is 0.788. The third-order valence-corrected chi connectivity index (χ3v) is 2.75. The zero-order valence-electron chi connectivity index (χ0n) is 11.5. The van der Waals surface area contributed by atoms with E-state index in [2.05, 4.69) is 10.3 Å². The standard InChI is InChI=1S/C14H17FN2O3/c1-18-7-6-16-9-13-17-8-12(20-13)14-10(15)4-3-5-11(14)19-2/h3-5,8,16H,6-7,9H2,1-2H3. The minimum Gasteiger partial charge on any atom is -0.496 e. The lowest BCUT2D eigenvalue weighted by atomic mass is 10.1. The van der Waals surface area contributed by atoms with Crippen LogP contribution in [-0.4, -0.2) is 32.4 Å². The summed E-state index contributed by atoms with van der Waals surface area (Å²) in [6, 6.07) is 4.62. The first-order chi connectivity index (χ1) is 9.76. The van der Waals surface area contributed by atoms with Gasteiger partial charge >= 0.3 is 0 Å². The molecule has 5 nitrogen and oxygen atoms in total. The highest BCUT2D eigenvalue weighted by molar-refractivity contribution is 5.65. The molecule has 2 aromatic rings. The van der Waals surface area contributed by atoms with Crippen molar-refractivity contribution in [1.82, 2.24) is 10.3 Å². The summed E-state index contributed by atoms with van der Waals surface area (Å²) in [5.41, 5.74) is 0.283. The normalized spacial score (nSPS) is 10.8. The van der Waals surface area contributed by atoms with Crippen molar-refractivity contribution >= 4 is 0 Å². The monoisotopic (exact) mass is 280 g/mol. The Morgan fingerprint density at radius 2 is 2.20 bits per heavy atom. The average Bonchev–Trinajstić information content (AvgIpc) is 2.91. The molecule has 0 amide bonds. The summed E-state index contributed by atoms with van der Waals surface area (Å²) in [6.07, 6.45) is 1.49. The highest BCUT2D eigenvalue weighted by Gasteiger charge is 2.16. The third-order valence-electron chi connectivity index (χ3n) is 2.75. The van der Waals surface area contributed by atoms with Crippen molar-refractivity contribution in [2.24, 2.45) is 0 Å². The molecule has 0 saturated heterocycles. The largest absolute Gasteiger partial charge is 0.496 e. The van der Waals surface area contributed by atoms with Gasteiger partial charge in [-0.3, -0.25) is 0 Å². The summed E-state index contributed by atoms with van der Waals surface area (Å²) in [6.45, 7) is 1.76. The number of oxazole rings is 1. The van der Waals surface area contributed by atoms with Crippen molar-refractivity contribution in [3.05, 3.63) is 36.1 Å². The van der Waals surface area contributed by atoms with Crippen LogP contribution in [0.25, 0.3) is 11.3 Å². The summed E-state index contributed by atoms with van der Waals surface area (Å²) in [5, 5.41) is 3.10.